The number of rotatable bonds is 11. The van der Waals surface area contributed by atoms with E-state index < -0.39 is 18.1 Å². The number of aliphatic carboxylic acids is 1. The van der Waals surface area contributed by atoms with Crippen LogP contribution in [-0.2, 0) is 19.1 Å². The number of aromatic nitrogens is 2. The minimum Gasteiger partial charge on any atom is -0.475 e. The van der Waals surface area contributed by atoms with Crippen molar-refractivity contribution in [2.45, 2.75) is 65.1 Å². The molecular weight excluding hydrogens is 659 g/mol. The first-order chi connectivity index (χ1) is 23.7. The molecule has 3 fully saturated rings. The van der Waals surface area contributed by atoms with E-state index in [9.17, 15) is 27.6 Å². The molecule has 3 aliphatic rings. The van der Waals surface area contributed by atoms with Gasteiger partial charge in [-0.2, -0.15) is 23.1 Å². The van der Waals surface area contributed by atoms with Gasteiger partial charge in [0, 0.05) is 38.6 Å². The summed E-state index contributed by atoms with van der Waals surface area (Å²) in [5.74, 6) is -2.40. The Labute approximate surface area is 289 Å². The Hall–Kier alpha value is -4.27. The van der Waals surface area contributed by atoms with Gasteiger partial charge >= 0.3 is 24.1 Å². The predicted molar refractivity (Wildman–Crippen MR) is 175 cm³/mol. The molecule has 2 N–H and O–H groups in total. The molecule has 15 heteroatoms. The van der Waals surface area contributed by atoms with Crippen LogP contribution < -0.4 is 10.1 Å². The van der Waals surface area contributed by atoms with E-state index in [2.05, 4.69) is 32.3 Å². The van der Waals surface area contributed by atoms with Crippen LogP contribution in [0.2, 0.25) is 0 Å². The number of likely N-dealkylation sites (tertiary alicyclic amines) is 2. The highest BCUT2D eigenvalue weighted by molar-refractivity contribution is 5.96. The van der Waals surface area contributed by atoms with Gasteiger partial charge in [-0.1, -0.05) is 43.2 Å². The zero-order valence-electron chi connectivity index (χ0n) is 28.9. The zero-order chi connectivity index (χ0) is 36.6. The Bertz CT molecular complexity index is 1470. The molecule has 12 nitrogen and oxygen atoms in total. The molecule has 1 aromatic carbocycles. The van der Waals surface area contributed by atoms with Gasteiger partial charge in [-0.05, 0) is 57.4 Å². The monoisotopic (exact) mass is 705 g/mol. The maximum absolute atomic E-state index is 13.6. The number of hydrogen-bond donors (Lipinski definition) is 2. The van der Waals surface area contributed by atoms with Gasteiger partial charge in [-0.3, -0.25) is 14.4 Å². The van der Waals surface area contributed by atoms with Crippen LogP contribution in [0.3, 0.4) is 0 Å². The number of benzene rings is 1. The fraction of sp³-hybridized carbons (Fsp3) is 0.600. The highest BCUT2D eigenvalue weighted by atomic mass is 19.4. The summed E-state index contributed by atoms with van der Waals surface area (Å²) in [6.07, 6.45) is 0.0732. The third-order valence-corrected chi connectivity index (χ3v) is 9.60. The second-order valence-electron chi connectivity index (χ2n) is 13.3. The van der Waals surface area contributed by atoms with E-state index in [1.54, 1.807) is 20.8 Å². The maximum atomic E-state index is 13.6. The molecule has 274 valence electrons. The summed E-state index contributed by atoms with van der Waals surface area (Å²) < 4.78 is 42.1. The van der Waals surface area contributed by atoms with E-state index in [1.165, 1.54) is 7.11 Å². The van der Waals surface area contributed by atoms with Crippen molar-refractivity contribution < 1.29 is 46.9 Å². The Morgan fingerprint density at radius 3 is 2.06 bits per heavy atom. The number of ether oxygens (including phenoxy) is 2. The van der Waals surface area contributed by atoms with Crippen molar-refractivity contribution in [2.75, 3.05) is 46.4 Å². The molecular formula is C35H46F3N5O7. The number of carbonyl (C=O) groups is 4. The molecule has 0 bridgehead atoms. The second-order valence-corrected chi connectivity index (χ2v) is 13.3. The standard InChI is InChI=1S/C33H45N5O5.C2HF3O2/c1-21(32(41)42-4)20-43-33-34-22(2)29(23(3)35-33)31(40)38-18-26-16-37(17-27(26)19-38)15-14-28(24-10-6-5-7-11-24)36-30(39)25-12-8-9-13-25;3-2(4,5)1(6)7/h5-7,10-11,21,25-28H,8-9,12-20H2,1-4H3,(H,36,39);(H,6,7)/t21?,26?,27?,28-;/m1./s1. The summed E-state index contributed by atoms with van der Waals surface area (Å²) in [6.45, 7) is 9.65. The van der Waals surface area contributed by atoms with E-state index in [0.717, 1.165) is 57.3 Å². The lowest BCUT2D eigenvalue weighted by molar-refractivity contribution is -0.192. The lowest BCUT2D eigenvalue weighted by Gasteiger charge is -2.26. The zero-order valence-corrected chi connectivity index (χ0v) is 28.9. The number of methoxy groups -OCH3 is 1. The summed E-state index contributed by atoms with van der Waals surface area (Å²) in [6, 6.07) is 10.5. The average molecular weight is 706 g/mol. The van der Waals surface area contributed by atoms with Crippen molar-refractivity contribution in [3.63, 3.8) is 0 Å². The third kappa shape index (κ3) is 10.1. The Morgan fingerprint density at radius 1 is 0.980 bits per heavy atom. The van der Waals surface area contributed by atoms with Gasteiger partial charge in [0.1, 0.15) is 6.61 Å². The maximum Gasteiger partial charge on any atom is 0.490 e. The number of nitrogens with one attached hydrogen (secondary N) is 1. The number of esters is 1. The molecule has 50 heavy (non-hydrogen) atoms. The first-order valence-corrected chi connectivity index (χ1v) is 16.9. The smallest absolute Gasteiger partial charge is 0.475 e. The van der Waals surface area contributed by atoms with Crippen LogP contribution in [0, 0.1) is 37.5 Å². The predicted octanol–water partition coefficient (Wildman–Crippen LogP) is 4.36. The molecule has 0 spiro atoms. The Balaban J connectivity index is 0.000000727. The SMILES string of the molecule is COC(=O)C(C)COc1nc(C)c(C(=O)N2CC3CN(CC[C@@H](NC(=O)C4CCCC4)c4ccccc4)CC3C2)c(C)n1.O=C(O)C(F)(F)F. The molecule has 2 amide bonds. The number of alkyl halides is 3. The van der Waals surface area contributed by atoms with Crippen LogP contribution in [0.5, 0.6) is 6.01 Å². The van der Waals surface area contributed by atoms with Crippen molar-refractivity contribution in [2.24, 2.45) is 23.7 Å². The molecule has 0 radical (unpaired) electrons. The molecule has 2 aromatic rings. The van der Waals surface area contributed by atoms with Crippen molar-refractivity contribution in [1.29, 1.82) is 0 Å². The molecule has 1 saturated carbocycles. The lowest BCUT2D eigenvalue weighted by Crippen LogP contribution is -2.37. The number of aryl methyl sites for hydroxylation is 2. The number of carboxylic acids is 1. The topological polar surface area (TPSA) is 151 Å². The van der Waals surface area contributed by atoms with E-state index in [4.69, 9.17) is 19.4 Å². The quantitative estimate of drug-likeness (QED) is 0.323. The number of halogens is 3. The molecule has 1 aliphatic carbocycles. The van der Waals surface area contributed by atoms with Crippen LogP contribution in [0.15, 0.2) is 30.3 Å². The minimum absolute atomic E-state index is 0.00870. The highest BCUT2D eigenvalue weighted by Crippen LogP contribution is 2.34. The Morgan fingerprint density at radius 2 is 1.54 bits per heavy atom. The van der Waals surface area contributed by atoms with E-state index in [-0.39, 0.29) is 42.4 Å². The number of amides is 2. The van der Waals surface area contributed by atoms with Crippen LogP contribution >= 0.6 is 0 Å². The fourth-order valence-corrected chi connectivity index (χ4v) is 6.92. The largest absolute Gasteiger partial charge is 0.490 e. The molecule has 3 heterocycles. The van der Waals surface area contributed by atoms with Crippen molar-refractivity contribution >= 4 is 23.8 Å². The highest BCUT2D eigenvalue weighted by Gasteiger charge is 2.42. The van der Waals surface area contributed by atoms with E-state index in [0.29, 0.717) is 41.9 Å². The number of nitrogens with zero attached hydrogens (tertiary/aromatic N) is 4. The minimum atomic E-state index is -5.08. The lowest BCUT2D eigenvalue weighted by atomic mass is 10.0. The van der Waals surface area contributed by atoms with Gasteiger partial charge in [0.15, 0.2) is 0 Å². The van der Waals surface area contributed by atoms with E-state index in [1.807, 2.05) is 23.1 Å². The number of carboxylic acid groups (broad SMARTS) is 1. The second kappa shape index (κ2) is 17.1. The molecule has 1 aromatic heterocycles. The van der Waals surface area contributed by atoms with E-state index >= 15 is 0 Å². The van der Waals surface area contributed by atoms with Gasteiger partial charge in [0.2, 0.25) is 5.91 Å². The van der Waals surface area contributed by atoms with Gasteiger partial charge < -0.3 is 29.7 Å². The van der Waals surface area contributed by atoms with Crippen LogP contribution in [-0.4, -0.2) is 101 Å². The van der Waals surface area contributed by atoms with Crippen LogP contribution in [0.4, 0.5) is 13.2 Å². The van der Waals surface area contributed by atoms with Crippen LogP contribution in [0.25, 0.3) is 0 Å². The van der Waals surface area contributed by atoms with Gasteiger partial charge in [0.05, 0.1) is 36.0 Å². The van der Waals surface area contributed by atoms with Crippen molar-refractivity contribution in [1.82, 2.24) is 25.1 Å². The molecule has 4 atom stereocenters. The van der Waals surface area contributed by atoms with Gasteiger partial charge in [-0.25, -0.2) is 4.79 Å². The number of fused-ring (bicyclic) bond motifs is 1. The molecule has 5 rings (SSSR count). The average Bonchev–Trinajstić information content (AvgIpc) is 3.83. The van der Waals surface area contributed by atoms with Gasteiger partial charge in [-0.15, -0.1) is 0 Å². The van der Waals surface area contributed by atoms with Crippen molar-refractivity contribution in [3.8, 4) is 6.01 Å². The van der Waals surface area contributed by atoms with Crippen LogP contribution in [0.1, 0.15) is 72.4 Å². The fourth-order valence-electron chi connectivity index (χ4n) is 6.92. The summed E-state index contributed by atoms with van der Waals surface area (Å²) in [7, 11) is 1.34. The molecule has 2 aliphatic heterocycles. The summed E-state index contributed by atoms with van der Waals surface area (Å²) >= 11 is 0. The summed E-state index contributed by atoms with van der Waals surface area (Å²) in [4.78, 5) is 60.4. The number of hydrogen-bond acceptors (Lipinski definition) is 9. The number of carbonyl (C=O) groups excluding carboxylic acids is 3. The van der Waals surface area contributed by atoms with Crippen molar-refractivity contribution in [3.05, 3.63) is 52.8 Å². The summed E-state index contributed by atoms with van der Waals surface area (Å²) in [5, 5.41) is 10.5. The summed E-state index contributed by atoms with van der Waals surface area (Å²) in [5.41, 5.74) is 2.83. The molecule has 2 saturated heterocycles. The molecule has 3 unspecified atom stereocenters. The first kappa shape index (κ1) is 38.5. The van der Waals surface area contributed by atoms with Gasteiger partial charge in [0.25, 0.3) is 5.91 Å². The Kier molecular flexibility index (Phi) is 13.2. The first-order valence-electron chi connectivity index (χ1n) is 16.9. The third-order valence-electron chi connectivity index (χ3n) is 9.60. The normalized spacial score (nSPS) is 20.3.